The number of para-hydroxylation sites is 1. The number of carbonyl (C=O) groups excluding carboxylic acids is 2. The number of amides is 2. The maximum Gasteiger partial charge on any atom is 0.295 e. The summed E-state index contributed by atoms with van der Waals surface area (Å²) in [6.45, 7) is 0.0966. The van der Waals surface area contributed by atoms with E-state index in [-0.39, 0.29) is 17.8 Å². The number of hydrogen-bond donors (Lipinski definition) is 1. The molecule has 0 aromatic heterocycles. The molecule has 2 amide bonds. The van der Waals surface area contributed by atoms with Crippen LogP contribution in [0.5, 0.6) is 11.5 Å². The Morgan fingerprint density at radius 2 is 1.67 bits per heavy atom. The van der Waals surface area contributed by atoms with E-state index in [1.54, 1.807) is 6.08 Å². The Morgan fingerprint density at radius 1 is 0.933 bits per heavy atom. The molecule has 30 heavy (non-hydrogen) atoms. The van der Waals surface area contributed by atoms with Gasteiger partial charge in [0.2, 0.25) is 0 Å². The molecule has 0 unspecified atom stereocenters. The lowest BCUT2D eigenvalue weighted by atomic mass is 10.2. The first-order valence-electron chi connectivity index (χ1n) is 9.16. The highest BCUT2D eigenvalue weighted by Gasteiger charge is 2.34. The molecule has 1 aliphatic heterocycles. The van der Waals surface area contributed by atoms with Crippen LogP contribution in [0.15, 0.2) is 88.2 Å². The number of thioether (sulfide) groups is 1. The fourth-order valence-electron chi connectivity index (χ4n) is 2.82. The van der Waals surface area contributed by atoms with Gasteiger partial charge in [-0.05, 0) is 71.9 Å². The second-order valence-corrected chi connectivity index (χ2v) is 8.35. The van der Waals surface area contributed by atoms with Gasteiger partial charge in [-0.15, -0.1) is 0 Å². The van der Waals surface area contributed by atoms with Crippen LogP contribution in [0.1, 0.15) is 5.56 Å². The first kappa shape index (κ1) is 20.3. The minimum atomic E-state index is -0.304. The Kier molecular flexibility index (Phi) is 6.21. The molecule has 1 saturated heterocycles. The molecule has 0 radical (unpaired) electrons. The highest BCUT2D eigenvalue weighted by Crippen LogP contribution is 2.32. The molecule has 0 saturated carbocycles. The number of anilines is 1. The van der Waals surface area contributed by atoms with Crippen LogP contribution in [0.2, 0.25) is 0 Å². The maximum atomic E-state index is 12.6. The van der Waals surface area contributed by atoms with E-state index in [4.69, 9.17) is 4.74 Å². The van der Waals surface area contributed by atoms with E-state index < -0.39 is 0 Å². The van der Waals surface area contributed by atoms with Gasteiger partial charge in [0, 0.05) is 10.2 Å². The van der Waals surface area contributed by atoms with E-state index in [1.807, 2.05) is 78.9 Å². The van der Waals surface area contributed by atoms with Crippen LogP contribution >= 0.6 is 27.7 Å². The second kappa shape index (κ2) is 9.19. The van der Waals surface area contributed by atoms with E-state index in [0.29, 0.717) is 10.7 Å². The number of hydrogen-bond acceptors (Lipinski definition) is 5. The second-order valence-electron chi connectivity index (χ2n) is 6.44. The summed E-state index contributed by atoms with van der Waals surface area (Å²) >= 11 is 4.35. The van der Waals surface area contributed by atoms with Crippen LogP contribution in [0, 0.1) is 0 Å². The van der Waals surface area contributed by atoms with Crippen molar-refractivity contribution < 1.29 is 14.3 Å². The summed E-state index contributed by atoms with van der Waals surface area (Å²) in [5.74, 6) is 1.16. The van der Waals surface area contributed by atoms with Gasteiger partial charge in [0.25, 0.3) is 11.1 Å². The molecule has 1 N–H and O–H groups in total. The minimum Gasteiger partial charge on any atom is -0.457 e. The van der Waals surface area contributed by atoms with Crippen LogP contribution < -0.4 is 10.1 Å². The van der Waals surface area contributed by atoms with Gasteiger partial charge < -0.3 is 10.1 Å². The average Bonchev–Trinajstić information content (AvgIpc) is 3.01. The molecule has 0 atom stereocenters. The van der Waals surface area contributed by atoms with Crippen LogP contribution in [0.3, 0.4) is 0 Å². The van der Waals surface area contributed by atoms with E-state index in [1.165, 1.54) is 4.90 Å². The molecule has 150 valence electrons. The maximum absolute atomic E-state index is 12.6. The third kappa shape index (κ3) is 4.93. The monoisotopic (exact) mass is 480 g/mol. The normalized spacial score (nSPS) is 15.0. The molecule has 7 heteroatoms. The summed E-state index contributed by atoms with van der Waals surface area (Å²) in [4.78, 5) is 26.5. The van der Waals surface area contributed by atoms with Crippen LogP contribution in [0.25, 0.3) is 6.08 Å². The standard InChI is InChI=1S/C23H17BrN2O3S/c24-17-6-4-5-16(13-17)14-21-22(27)26(23(28)30-21)15-25-18-9-11-20(12-10-18)29-19-7-2-1-3-8-19/h1-14,25H,15H2. The molecule has 1 heterocycles. The minimum absolute atomic E-state index is 0.0966. The van der Waals surface area contributed by atoms with E-state index in [2.05, 4.69) is 21.2 Å². The van der Waals surface area contributed by atoms with E-state index in [9.17, 15) is 9.59 Å². The molecule has 1 aliphatic rings. The zero-order valence-electron chi connectivity index (χ0n) is 15.7. The zero-order chi connectivity index (χ0) is 20.9. The largest absolute Gasteiger partial charge is 0.457 e. The summed E-state index contributed by atoms with van der Waals surface area (Å²) in [6, 6.07) is 24.4. The molecule has 0 bridgehead atoms. The van der Waals surface area contributed by atoms with Crippen molar-refractivity contribution >= 4 is 50.6 Å². The van der Waals surface area contributed by atoms with Gasteiger partial charge in [0.15, 0.2) is 0 Å². The van der Waals surface area contributed by atoms with Crippen molar-refractivity contribution in [1.29, 1.82) is 0 Å². The number of benzene rings is 3. The topological polar surface area (TPSA) is 58.6 Å². The van der Waals surface area contributed by atoms with Crippen molar-refractivity contribution in [2.45, 2.75) is 0 Å². The lowest BCUT2D eigenvalue weighted by molar-refractivity contribution is -0.122. The molecular weight excluding hydrogens is 464 g/mol. The third-order valence-corrected chi connectivity index (χ3v) is 5.70. The molecular formula is C23H17BrN2O3S. The van der Waals surface area contributed by atoms with Gasteiger partial charge in [-0.25, -0.2) is 0 Å². The van der Waals surface area contributed by atoms with Gasteiger partial charge >= 0.3 is 0 Å². The summed E-state index contributed by atoms with van der Waals surface area (Å²) < 4.78 is 6.68. The number of rotatable bonds is 6. The highest BCUT2D eigenvalue weighted by molar-refractivity contribution is 9.10. The highest BCUT2D eigenvalue weighted by atomic mass is 79.9. The molecule has 3 aromatic carbocycles. The lowest BCUT2D eigenvalue weighted by Gasteiger charge is -2.15. The van der Waals surface area contributed by atoms with Crippen molar-refractivity contribution in [1.82, 2.24) is 4.90 Å². The lowest BCUT2D eigenvalue weighted by Crippen LogP contribution is -2.33. The first-order chi connectivity index (χ1) is 14.6. The number of imide groups is 1. The Morgan fingerprint density at radius 3 is 2.40 bits per heavy atom. The third-order valence-electron chi connectivity index (χ3n) is 4.29. The van der Waals surface area contributed by atoms with E-state index in [0.717, 1.165) is 33.2 Å². The molecule has 1 fully saturated rings. The Hall–Kier alpha value is -3.03. The van der Waals surface area contributed by atoms with Crippen molar-refractivity contribution in [2.75, 3.05) is 12.0 Å². The number of halogens is 1. The van der Waals surface area contributed by atoms with Gasteiger partial charge in [-0.1, -0.05) is 46.3 Å². The van der Waals surface area contributed by atoms with Crippen LogP contribution in [-0.2, 0) is 4.79 Å². The Labute approximate surface area is 186 Å². The summed E-state index contributed by atoms with van der Waals surface area (Å²) in [5, 5.41) is 2.82. The van der Waals surface area contributed by atoms with Crippen LogP contribution in [-0.4, -0.2) is 22.7 Å². The average molecular weight is 481 g/mol. The molecule has 4 rings (SSSR count). The van der Waals surface area contributed by atoms with Gasteiger partial charge in [0.05, 0.1) is 11.6 Å². The molecule has 0 aliphatic carbocycles. The van der Waals surface area contributed by atoms with Gasteiger partial charge in [0.1, 0.15) is 11.5 Å². The molecule has 0 spiro atoms. The summed E-state index contributed by atoms with van der Waals surface area (Å²) in [7, 11) is 0. The summed E-state index contributed by atoms with van der Waals surface area (Å²) in [5.41, 5.74) is 1.64. The van der Waals surface area contributed by atoms with Gasteiger partial charge in [-0.3, -0.25) is 14.5 Å². The van der Waals surface area contributed by atoms with Gasteiger partial charge in [-0.2, -0.15) is 0 Å². The Balaban J connectivity index is 1.37. The van der Waals surface area contributed by atoms with Crippen molar-refractivity contribution in [3.8, 4) is 11.5 Å². The fourth-order valence-corrected chi connectivity index (χ4v) is 4.08. The summed E-state index contributed by atoms with van der Waals surface area (Å²) in [6.07, 6.45) is 1.73. The predicted octanol–water partition coefficient (Wildman–Crippen LogP) is 6.35. The first-order valence-corrected chi connectivity index (χ1v) is 10.8. The quantitative estimate of drug-likeness (QED) is 0.416. The number of ether oxygens (including phenoxy) is 1. The van der Waals surface area contributed by atoms with Crippen LogP contribution in [0.4, 0.5) is 10.5 Å². The molecule has 3 aromatic rings. The number of carbonyl (C=O) groups is 2. The molecule has 5 nitrogen and oxygen atoms in total. The SMILES string of the molecule is O=C1SC(=Cc2cccc(Br)c2)C(=O)N1CNc1ccc(Oc2ccccc2)cc1. The number of nitrogens with zero attached hydrogens (tertiary/aromatic N) is 1. The van der Waals surface area contributed by atoms with Crippen molar-refractivity contribution in [3.05, 3.63) is 93.8 Å². The number of nitrogens with one attached hydrogen (secondary N) is 1. The van der Waals surface area contributed by atoms with Crippen molar-refractivity contribution in [2.24, 2.45) is 0 Å². The smallest absolute Gasteiger partial charge is 0.295 e. The van der Waals surface area contributed by atoms with E-state index >= 15 is 0 Å². The zero-order valence-corrected chi connectivity index (χ0v) is 18.2. The van der Waals surface area contributed by atoms with Crippen molar-refractivity contribution in [3.63, 3.8) is 0 Å². The fraction of sp³-hybridized carbons (Fsp3) is 0.0435. The Bertz CT molecular complexity index is 1100. The predicted molar refractivity (Wildman–Crippen MR) is 123 cm³/mol.